The maximum atomic E-state index is 11.8. The highest BCUT2D eigenvalue weighted by molar-refractivity contribution is 7.90. The maximum absolute atomic E-state index is 11.8. The Balaban J connectivity index is 1.03. The minimum atomic E-state index is -3.20. The molecule has 262 valence electrons. The van der Waals surface area contributed by atoms with E-state index in [2.05, 4.69) is 35.7 Å². The number of morpholine rings is 1. The molecule has 1 aliphatic carbocycles. The summed E-state index contributed by atoms with van der Waals surface area (Å²) in [6.07, 6.45) is 14.5. The molecule has 15 nitrogen and oxygen atoms in total. The average molecular weight is 713 g/mol. The van der Waals surface area contributed by atoms with E-state index in [1.165, 1.54) is 25.4 Å². The number of nitrogens with zero attached hydrogens (tertiary/aromatic N) is 9. The van der Waals surface area contributed by atoms with Crippen molar-refractivity contribution < 1.29 is 22.6 Å². The van der Waals surface area contributed by atoms with E-state index in [0.29, 0.717) is 53.0 Å². The molecular weight excluding hydrogens is 672 g/mol. The van der Waals surface area contributed by atoms with Gasteiger partial charge in [-0.15, -0.1) is 10.2 Å². The lowest BCUT2D eigenvalue weighted by atomic mass is 9.89. The summed E-state index contributed by atoms with van der Waals surface area (Å²) in [5.41, 5.74) is 2.18. The number of nitrogens with one attached hydrogen (secondary N) is 1. The highest BCUT2D eigenvalue weighted by atomic mass is 35.5. The lowest BCUT2D eigenvalue weighted by Gasteiger charge is -2.43. The smallest absolute Gasteiger partial charge is 0.256 e. The highest BCUT2D eigenvalue weighted by Gasteiger charge is 2.42. The van der Waals surface area contributed by atoms with Gasteiger partial charge in [-0.1, -0.05) is 17.7 Å². The van der Waals surface area contributed by atoms with Gasteiger partial charge in [0, 0.05) is 42.3 Å². The van der Waals surface area contributed by atoms with Gasteiger partial charge in [-0.05, 0) is 73.6 Å². The molecule has 3 fully saturated rings. The zero-order valence-corrected chi connectivity index (χ0v) is 29.1. The number of hydrogen-bond donors (Lipinski definition) is 1. The number of aromatic nitrogens is 8. The number of fused-ring (bicyclic) bond motifs is 2. The van der Waals surface area contributed by atoms with E-state index in [-0.39, 0.29) is 24.5 Å². The predicted octanol–water partition coefficient (Wildman–Crippen LogP) is 3.96. The Labute approximate surface area is 290 Å². The van der Waals surface area contributed by atoms with Crippen LogP contribution in [0.15, 0.2) is 43.1 Å². The first kappa shape index (κ1) is 33.6. The standard InChI is InChI=1S/C32H41ClN10O5S/c1-21(16-41-20-36-39-40-41)48-30-13-22(3-10-28(30)33)23-14-34-32(35-15-23)37-29-17-42(38-31(29)47-11-12-49(2,44)45)24-4-6-25(7-5-24)43-26-8-9-27(43)19-46-18-26/h3,10,13-15,17,20-21,24-27H,4-9,11-12,16,18-19H2,1-2H3,(H,34,35,37)/t21?,24?,25?,26-,27+. The zero-order chi connectivity index (χ0) is 34.0. The van der Waals surface area contributed by atoms with Crippen LogP contribution in [0.5, 0.6) is 11.6 Å². The van der Waals surface area contributed by atoms with Crippen molar-refractivity contribution in [2.45, 2.75) is 82.3 Å². The molecule has 5 heterocycles. The Morgan fingerprint density at radius 2 is 1.73 bits per heavy atom. The SMILES string of the molecule is CC(Cn1cnnn1)Oc1cc(-c2cnc(Nc3cn(C4CCC(N5[C@@H]6CC[C@H]5COC6)CC4)nc3OCCS(C)(=O)=O)nc2)ccc1Cl. The zero-order valence-electron chi connectivity index (χ0n) is 27.6. The number of tetrazole rings is 1. The van der Waals surface area contributed by atoms with Gasteiger partial charge in [0.1, 0.15) is 30.5 Å². The summed E-state index contributed by atoms with van der Waals surface area (Å²) in [5.74, 6) is 1.08. The van der Waals surface area contributed by atoms with Crippen LogP contribution in [0, 0.1) is 0 Å². The van der Waals surface area contributed by atoms with Crippen molar-refractivity contribution in [1.82, 2.24) is 44.9 Å². The molecule has 2 aliphatic heterocycles. The average Bonchev–Trinajstić information content (AvgIpc) is 3.80. The first-order valence-corrected chi connectivity index (χ1v) is 19.1. The number of halogens is 1. The van der Waals surface area contributed by atoms with Crippen molar-refractivity contribution in [3.05, 3.63) is 48.1 Å². The molecule has 4 aromatic rings. The van der Waals surface area contributed by atoms with Crippen molar-refractivity contribution in [2.24, 2.45) is 0 Å². The van der Waals surface area contributed by atoms with Crippen LogP contribution in [0.1, 0.15) is 51.5 Å². The van der Waals surface area contributed by atoms with Gasteiger partial charge in [-0.3, -0.25) is 9.58 Å². The molecule has 17 heteroatoms. The fraction of sp³-hybridized carbons (Fsp3) is 0.562. The van der Waals surface area contributed by atoms with Crippen LogP contribution in [0.3, 0.4) is 0 Å². The van der Waals surface area contributed by atoms with Crippen LogP contribution >= 0.6 is 11.6 Å². The van der Waals surface area contributed by atoms with Gasteiger partial charge >= 0.3 is 0 Å². The second-order valence-electron chi connectivity index (χ2n) is 13.2. The van der Waals surface area contributed by atoms with E-state index in [9.17, 15) is 8.42 Å². The lowest BCUT2D eigenvalue weighted by Crippen LogP contribution is -2.52. The first-order valence-electron chi connectivity index (χ1n) is 16.7. The summed E-state index contributed by atoms with van der Waals surface area (Å²) in [4.78, 5) is 11.8. The van der Waals surface area contributed by atoms with Crippen LogP contribution in [0.2, 0.25) is 5.02 Å². The van der Waals surface area contributed by atoms with Gasteiger partial charge in [0.15, 0.2) is 9.84 Å². The molecule has 0 spiro atoms. The van der Waals surface area contributed by atoms with Crippen molar-refractivity contribution in [3.63, 3.8) is 0 Å². The van der Waals surface area contributed by atoms with Crippen LogP contribution in [-0.2, 0) is 21.1 Å². The Kier molecular flexibility index (Phi) is 9.99. The second-order valence-corrected chi connectivity index (χ2v) is 15.8. The van der Waals surface area contributed by atoms with Crippen LogP contribution in [0.4, 0.5) is 11.6 Å². The molecule has 1 unspecified atom stereocenters. The first-order chi connectivity index (χ1) is 23.7. The molecule has 3 atom stereocenters. The third-order valence-corrected chi connectivity index (χ3v) is 10.7. The Morgan fingerprint density at radius 3 is 2.43 bits per heavy atom. The maximum Gasteiger partial charge on any atom is 0.256 e. The number of sulfone groups is 1. The van der Waals surface area contributed by atoms with Crippen LogP contribution < -0.4 is 14.8 Å². The van der Waals surface area contributed by atoms with Crippen LogP contribution in [0.25, 0.3) is 11.1 Å². The van der Waals surface area contributed by atoms with Crippen molar-refractivity contribution in [2.75, 3.05) is 37.1 Å². The van der Waals surface area contributed by atoms with Gasteiger partial charge in [-0.25, -0.2) is 23.1 Å². The van der Waals surface area contributed by atoms with Gasteiger partial charge < -0.3 is 19.5 Å². The van der Waals surface area contributed by atoms with Crippen molar-refractivity contribution >= 4 is 33.1 Å². The molecule has 7 rings (SSSR count). The summed E-state index contributed by atoms with van der Waals surface area (Å²) in [5, 5.41) is 19.7. The lowest BCUT2D eigenvalue weighted by molar-refractivity contribution is -0.0458. The molecule has 0 amide bonds. The monoisotopic (exact) mass is 712 g/mol. The van der Waals surface area contributed by atoms with E-state index < -0.39 is 9.84 Å². The normalized spacial score (nSPS) is 23.3. The van der Waals surface area contributed by atoms with E-state index in [1.807, 2.05) is 29.9 Å². The molecule has 1 aromatic carbocycles. The number of ether oxygens (including phenoxy) is 3. The molecule has 1 saturated carbocycles. The third kappa shape index (κ3) is 8.14. The van der Waals surface area contributed by atoms with Crippen molar-refractivity contribution in [3.8, 4) is 22.8 Å². The van der Waals surface area contributed by atoms with Gasteiger partial charge in [0.05, 0.1) is 42.8 Å². The number of rotatable bonds is 13. The van der Waals surface area contributed by atoms with Gasteiger partial charge in [-0.2, -0.15) is 0 Å². The predicted molar refractivity (Wildman–Crippen MR) is 182 cm³/mol. The molecule has 1 N–H and O–H groups in total. The largest absolute Gasteiger partial charge is 0.487 e. The second kappa shape index (κ2) is 14.5. The third-order valence-electron chi connectivity index (χ3n) is 9.48. The highest BCUT2D eigenvalue weighted by Crippen LogP contribution is 2.39. The summed E-state index contributed by atoms with van der Waals surface area (Å²) in [6, 6.07) is 7.39. The number of anilines is 2. The fourth-order valence-corrected chi connectivity index (χ4v) is 7.69. The van der Waals surface area contributed by atoms with E-state index in [1.54, 1.807) is 23.1 Å². The number of benzene rings is 1. The van der Waals surface area contributed by atoms with E-state index in [0.717, 1.165) is 50.0 Å². The van der Waals surface area contributed by atoms with Crippen LogP contribution in [-0.4, -0.2) is 109 Å². The van der Waals surface area contributed by atoms with Gasteiger partial charge in [0.25, 0.3) is 5.88 Å². The molecule has 2 saturated heterocycles. The Bertz CT molecular complexity index is 1800. The summed E-state index contributed by atoms with van der Waals surface area (Å²) < 4.78 is 44.9. The minimum Gasteiger partial charge on any atom is -0.487 e. The Hall–Kier alpha value is -3.86. The number of hydrogen-bond acceptors (Lipinski definition) is 13. The molecule has 49 heavy (non-hydrogen) atoms. The summed E-state index contributed by atoms with van der Waals surface area (Å²) in [7, 11) is -3.20. The fourth-order valence-electron chi connectivity index (χ4n) is 7.14. The summed E-state index contributed by atoms with van der Waals surface area (Å²) in [6.45, 7) is 4.06. The quantitative estimate of drug-likeness (QED) is 0.212. The van der Waals surface area contributed by atoms with E-state index in [4.69, 9.17) is 30.9 Å². The molecule has 0 radical (unpaired) electrons. The molecule has 3 aromatic heterocycles. The molecule has 2 bridgehead atoms. The molecular formula is C32H41ClN10O5S. The topological polar surface area (TPSA) is 164 Å². The van der Waals surface area contributed by atoms with Crippen molar-refractivity contribution in [1.29, 1.82) is 0 Å². The van der Waals surface area contributed by atoms with E-state index >= 15 is 0 Å². The molecule has 3 aliphatic rings. The van der Waals surface area contributed by atoms with Gasteiger partial charge in [0.2, 0.25) is 5.95 Å². The minimum absolute atomic E-state index is 0.00776. The Morgan fingerprint density at radius 1 is 1.02 bits per heavy atom. The summed E-state index contributed by atoms with van der Waals surface area (Å²) >= 11 is 6.44.